The zero-order valence-electron chi connectivity index (χ0n) is 5.61. The van der Waals surface area contributed by atoms with Crippen LogP contribution in [-0.4, -0.2) is 19.7 Å². The molecule has 0 unspecified atom stereocenters. The first-order valence-electron chi connectivity index (χ1n) is 3.20. The van der Waals surface area contributed by atoms with Gasteiger partial charge in [0.1, 0.15) is 6.11 Å². The van der Waals surface area contributed by atoms with Gasteiger partial charge in [-0.1, -0.05) is 0 Å². The topological polar surface area (TPSA) is 21.3 Å². The van der Waals surface area contributed by atoms with E-state index < -0.39 is 0 Å². The summed E-state index contributed by atoms with van der Waals surface area (Å²) in [4.78, 5) is 0. The van der Waals surface area contributed by atoms with Crippen LogP contribution in [0.25, 0.3) is 0 Å². The fraction of sp³-hybridized carbons (Fsp3) is 0.714. The minimum absolute atomic E-state index is 0.380. The molecule has 1 saturated heterocycles. The van der Waals surface area contributed by atoms with Gasteiger partial charge in [0.25, 0.3) is 0 Å². The molecule has 0 saturated carbocycles. The first-order valence-corrected chi connectivity index (χ1v) is 3.20. The van der Waals surface area contributed by atoms with Crippen LogP contribution in [0.2, 0.25) is 0 Å². The van der Waals surface area contributed by atoms with Crippen LogP contribution in [-0.2, 0) is 4.74 Å². The van der Waals surface area contributed by atoms with Gasteiger partial charge in [-0.15, -0.1) is 0 Å². The van der Waals surface area contributed by atoms with E-state index in [4.69, 9.17) is 0 Å². The van der Waals surface area contributed by atoms with Crippen molar-refractivity contribution >= 4 is 0 Å². The zero-order valence-corrected chi connectivity index (χ0v) is 5.61. The molecule has 0 aromatic carbocycles. The van der Waals surface area contributed by atoms with Crippen LogP contribution < -0.4 is 5.32 Å². The van der Waals surface area contributed by atoms with Gasteiger partial charge in [0.2, 0.25) is 0 Å². The molecule has 1 aliphatic heterocycles. The molecule has 0 bridgehead atoms. The minimum atomic E-state index is 0.380. The SMILES string of the molecule is COC#C[C@H]1CCCN1. The van der Waals surface area contributed by atoms with E-state index in [9.17, 15) is 0 Å². The van der Waals surface area contributed by atoms with E-state index in [1.807, 2.05) is 0 Å². The van der Waals surface area contributed by atoms with Crippen LogP contribution in [0.5, 0.6) is 0 Å². The van der Waals surface area contributed by atoms with Crippen molar-refractivity contribution in [3.63, 3.8) is 0 Å². The fourth-order valence-corrected chi connectivity index (χ4v) is 0.938. The normalized spacial score (nSPS) is 24.8. The maximum Gasteiger partial charge on any atom is 0.111 e. The molecule has 1 N–H and O–H groups in total. The Balaban J connectivity index is 2.26. The Morgan fingerprint density at radius 2 is 2.56 bits per heavy atom. The van der Waals surface area contributed by atoms with E-state index in [1.165, 1.54) is 6.42 Å². The van der Waals surface area contributed by atoms with E-state index in [0.29, 0.717) is 6.04 Å². The summed E-state index contributed by atoms with van der Waals surface area (Å²) in [6.07, 6.45) is 4.98. The number of ether oxygens (including phenoxy) is 1. The van der Waals surface area contributed by atoms with Crippen LogP contribution in [0.1, 0.15) is 12.8 Å². The van der Waals surface area contributed by atoms with Crippen molar-refractivity contribution in [2.24, 2.45) is 0 Å². The second-order valence-corrected chi connectivity index (χ2v) is 2.10. The van der Waals surface area contributed by atoms with Gasteiger partial charge in [-0.3, -0.25) is 0 Å². The molecule has 1 aliphatic rings. The van der Waals surface area contributed by atoms with Crippen LogP contribution >= 0.6 is 0 Å². The molecular formula is C7H11NO. The number of methoxy groups -OCH3 is 1. The van der Waals surface area contributed by atoms with Gasteiger partial charge in [-0.05, 0) is 25.3 Å². The molecule has 1 atom stereocenters. The molecule has 0 spiro atoms. The van der Waals surface area contributed by atoms with Crippen LogP contribution in [0.3, 0.4) is 0 Å². The summed E-state index contributed by atoms with van der Waals surface area (Å²) in [5.41, 5.74) is 0. The van der Waals surface area contributed by atoms with Crippen molar-refractivity contribution in [2.45, 2.75) is 18.9 Å². The Kier molecular flexibility index (Phi) is 2.41. The summed E-state index contributed by atoms with van der Waals surface area (Å²) in [5, 5.41) is 3.24. The van der Waals surface area contributed by atoms with Crippen molar-refractivity contribution < 1.29 is 4.74 Å². The minimum Gasteiger partial charge on any atom is -0.450 e. The van der Waals surface area contributed by atoms with E-state index in [2.05, 4.69) is 22.1 Å². The third kappa shape index (κ3) is 1.95. The highest BCUT2D eigenvalue weighted by Gasteiger charge is 2.09. The summed E-state index contributed by atoms with van der Waals surface area (Å²) in [7, 11) is 1.59. The summed E-state index contributed by atoms with van der Waals surface area (Å²) in [6, 6.07) is 0.380. The van der Waals surface area contributed by atoms with Gasteiger partial charge in [-0.2, -0.15) is 0 Å². The highest BCUT2D eigenvalue weighted by atomic mass is 16.5. The van der Waals surface area contributed by atoms with E-state index in [-0.39, 0.29) is 0 Å². The van der Waals surface area contributed by atoms with Crippen LogP contribution in [0, 0.1) is 12.0 Å². The standard InChI is InChI=1S/C7H11NO/c1-9-6-4-7-3-2-5-8-7/h7-8H,2-3,5H2,1H3/t7-/m1/s1. The quantitative estimate of drug-likeness (QED) is 0.471. The molecule has 50 valence electrons. The summed E-state index contributed by atoms with van der Waals surface area (Å²) in [6.45, 7) is 1.10. The monoisotopic (exact) mass is 125 g/mol. The summed E-state index contributed by atoms with van der Waals surface area (Å²) >= 11 is 0. The lowest BCUT2D eigenvalue weighted by Crippen LogP contribution is -2.18. The predicted octanol–water partition coefficient (Wildman–Crippen LogP) is 0.346. The molecule has 0 radical (unpaired) electrons. The first kappa shape index (κ1) is 6.44. The molecule has 2 heteroatoms. The molecule has 0 aliphatic carbocycles. The third-order valence-electron chi connectivity index (χ3n) is 1.40. The smallest absolute Gasteiger partial charge is 0.111 e. The molecule has 2 nitrogen and oxygen atoms in total. The van der Waals surface area contributed by atoms with Gasteiger partial charge in [-0.25, -0.2) is 0 Å². The lowest BCUT2D eigenvalue weighted by molar-refractivity contribution is 0.371. The number of hydrogen-bond acceptors (Lipinski definition) is 2. The van der Waals surface area contributed by atoms with Gasteiger partial charge >= 0.3 is 0 Å². The molecule has 0 aromatic rings. The maximum atomic E-state index is 4.60. The first-order chi connectivity index (χ1) is 4.43. The van der Waals surface area contributed by atoms with E-state index in [1.54, 1.807) is 7.11 Å². The third-order valence-corrected chi connectivity index (χ3v) is 1.40. The Hall–Kier alpha value is -0.680. The molecule has 9 heavy (non-hydrogen) atoms. The Bertz CT molecular complexity index is 128. The second kappa shape index (κ2) is 3.37. The maximum absolute atomic E-state index is 4.60. The van der Waals surface area contributed by atoms with E-state index >= 15 is 0 Å². The van der Waals surface area contributed by atoms with Crippen molar-refractivity contribution in [1.82, 2.24) is 5.32 Å². The molecular weight excluding hydrogens is 114 g/mol. The molecule has 1 fully saturated rings. The van der Waals surface area contributed by atoms with Gasteiger partial charge in [0, 0.05) is 0 Å². The summed E-state index contributed by atoms with van der Waals surface area (Å²) < 4.78 is 4.60. The average Bonchev–Trinajstić information content (AvgIpc) is 2.34. The highest BCUT2D eigenvalue weighted by molar-refractivity contribution is 5.04. The Morgan fingerprint density at radius 1 is 1.67 bits per heavy atom. The van der Waals surface area contributed by atoms with Gasteiger partial charge in [0.05, 0.1) is 13.2 Å². The van der Waals surface area contributed by atoms with Gasteiger partial charge in [0.15, 0.2) is 0 Å². The Labute approximate surface area is 55.6 Å². The zero-order chi connectivity index (χ0) is 6.53. The van der Waals surface area contributed by atoms with Crippen LogP contribution in [0.4, 0.5) is 0 Å². The fourth-order valence-electron chi connectivity index (χ4n) is 0.938. The molecule has 0 amide bonds. The second-order valence-electron chi connectivity index (χ2n) is 2.10. The van der Waals surface area contributed by atoms with E-state index in [0.717, 1.165) is 13.0 Å². The van der Waals surface area contributed by atoms with Crippen molar-refractivity contribution in [2.75, 3.05) is 13.7 Å². The number of nitrogens with one attached hydrogen (secondary N) is 1. The molecule has 1 rings (SSSR count). The number of rotatable bonds is 0. The predicted molar refractivity (Wildman–Crippen MR) is 35.8 cm³/mol. The molecule has 1 heterocycles. The van der Waals surface area contributed by atoms with Gasteiger partial charge < -0.3 is 10.1 Å². The Morgan fingerprint density at radius 3 is 3.11 bits per heavy atom. The largest absolute Gasteiger partial charge is 0.450 e. The van der Waals surface area contributed by atoms with Crippen LogP contribution in [0.15, 0.2) is 0 Å². The van der Waals surface area contributed by atoms with Crippen molar-refractivity contribution in [3.8, 4) is 12.0 Å². The lowest BCUT2D eigenvalue weighted by Gasteiger charge is -1.95. The highest BCUT2D eigenvalue weighted by Crippen LogP contribution is 2.02. The van der Waals surface area contributed by atoms with Crippen molar-refractivity contribution in [1.29, 1.82) is 0 Å². The molecule has 0 aromatic heterocycles. The summed E-state index contributed by atoms with van der Waals surface area (Å²) in [5.74, 6) is 2.95. The van der Waals surface area contributed by atoms with Crippen molar-refractivity contribution in [3.05, 3.63) is 0 Å². The average molecular weight is 125 g/mol. The number of hydrogen-bond donors (Lipinski definition) is 1. The lowest BCUT2D eigenvalue weighted by atomic mass is 10.2.